The van der Waals surface area contributed by atoms with Gasteiger partial charge in [-0.3, -0.25) is 0 Å². The van der Waals surface area contributed by atoms with E-state index in [1.165, 1.54) is 12.2 Å². The van der Waals surface area contributed by atoms with Gasteiger partial charge >= 0.3 is 0 Å². The average Bonchev–Trinajstić information content (AvgIpc) is 2.82. The number of aromatic nitrogens is 2. The number of hydrogen-bond donors (Lipinski definition) is 2. The second kappa shape index (κ2) is 4.35. The highest BCUT2D eigenvalue weighted by molar-refractivity contribution is 7.99. The van der Waals surface area contributed by atoms with E-state index < -0.39 is 0 Å². The molecule has 1 aromatic heterocycles. The van der Waals surface area contributed by atoms with Crippen molar-refractivity contribution in [2.75, 3.05) is 23.1 Å². The maximum absolute atomic E-state index is 5.98. The van der Waals surface area contributed by atoms with Gasteiger partial charge in [0.05, 0.1) is 5.69 Å². The number of rotatable bonds is 3. The largest absolute Gasteiger partial charge is 0.382 e. The maximum Gasteiger partial charge on any atom is 0.146 e. The number of hydrogen-bond acceptors (Lipinski definition) is 4. The number of thioether (sulfide) groups is 1. The van der Waals surface area contributed by atoms with Gasteiger partial charge in [0.15, 0.2) is 0 Å². The van der Waals surface area contributed by atoms with Crippen LogP contribution in [-0.2, 0) is 6.42 Å². The molecule has 1 fully saturated rings. The molecule has 15 heavy (non-hydrogen) atoms. The van der Waals surface area contributed by atoms with E-state index in [1.54, 1.807) is 4.68 Å². The second-order valence-corrected chi connectivity index (χ2v) is 5.13. The zero-order valence-electron chi connectivity index (χ0n) is 9.07. The van der Waals surface area contributed by atoms with Gasteiger partial charge in [-0.15, -0.1) is 0 Å². The summed E-state index contributed by atoms with van der Waals surface area (Å²) in [7, 11) is 0. The van der Waals surface area contributed by atoms with Crippen molar-refractivity contribution in [1.82, 2.24) is 9.66 Å². The van der Waals surface area contributed by atoms with Crippen LogP contribution in [0.1, 0.15) is 37.2 Å². The molecule has 0 saturated carbocycles. The van der Waals surface area contributed by atoms with Gasteiger partial charge in [0.1, 0.15) is 11.6 Å². The third kappa shape index (κ3) is 1.93. The Balaban J connectivity index is 2.27. The lowest BCUT2D eigenvalue weighted by molar-refractivity contribution is 0.748. The lowest BCUT2D eigenvalue weighted by Crippen LogP contribution is -2.15. The lowest BCUT2D eigenvalue weighted by Gasteiger charge is -2.05. The molecule has 5 heteroatoms. The molecule has 4 N–H and O–H groups in total. The Kier molecular flexibility index (Phi) is 3.09. The summed E-state index contributed by atoms with van der Waals surface area (Å²) in [6.07, 6.45) is 3.13. The zero-order chi connectivity index (χ0) is 10.8. The first-order valence-corrected chi connectivity index (χ1v) is 6.59. The Bertz CT molecular complexity index is 341. The minimum atomic E-state index is 0.510. The van der Waals surface area contributed by atoms with Crippen LogP contribution in [0.25, 0.3) is 0 Å². The van der Waals surface area contributed by atoms with Crippen molar-refractivity contribution in [2.24, 2.45) is 0 Å². The predicted molar refractivity (Wildman–Crippen MR) is 65.5 cm³/mol. The van der Waals surface area contributed by atoms with E-state index in [-0.39, 0.29) is 0 Å². The van der Waals surface area contributed by atoms with E-state index in [0.29, 0.717) is 11.7 Å². The summed E-state index contributed by atoms with van der Waals surface area (Å²) >= 11 is 1.97. The normalized spacial score (nSPS) is 21.0. The van der Waals surface area contributed by atoms with E-state index in [0.717, 1.165) is 30.1 Å². The molecule has 1 aliphatic rings. The Labute approximate surface area is 94.4 Å². The number of nitrogens with two attached hydrogens (primary N) is 2. The molecule has 0 radical (unpaired) electrons. The first kappa shape index (κ1) is 10.7. The quantitative estimate of drug-likeness (QED) is 0.763. The van der Waals surface area contributed by atoms with E-state index in [9.17, 15) is 0 Å². The van der Waals surface area contributed by atoms with Gasteiger partial charge in [0, 0.05) is 18.1 Å². The molecule has 0 aliphatic carbocycles. The molecule has 1 aliphatic heterocycles. The predicted octanol–water partition coefficient (Wildman–Crippen LogP) is 1.35. The van der Waals surface area contributed by atoms with Gasteiger partial charge in [-0.05, 0) is 18.6 Å². The molecular formula is C10H18N4S. The Hall–Kier alpha value is -0.840. The fourth-order valence-corrected chi connectivity index (χ4v) is 3.19. The number of nitrogen functional groups attached to an aromatic ring is 2. The number of aryl methyl sites for hydroxylation is 1. The highest BCUT2D eigenvalue weighted by Gasteiger charge is 2.24. The summed E-state index contributed by atoms with van der Waals surface area (Å²) in [5, 5.41) is 0. The fraction of sp³-hybridized carbons (Fsp3) is 0.700. The fourth-order valence-electron chi connectivity index (χ4n) is 1.96. The first-order valence-electron chi connectivity index (χ1n) is 5.43. The molecule has 4 nitrogen and oxygen atoms in total. The minimum Gasteiger partial charge on any atom is -0.382 e. The van der Waals surface area contributed by atoms with Gasteiger partial charge in [0.25, 0.3) is 0 Å². The molecule has 2 heterocycles. The van der Waals surface area contributed by atoms with Crippen molar-refractivity contribution in [3.63, 3.8) is 0 Å². The SMILES string of the molecule is CCCc1nc(C2CCSC2)c(N)n1N. The van der Waals surface area contributed by atoms with Gasteiger partial charge in [-0.25, -0.2) is 9.66 Å². The molecule has 2 rings (SSSR count). The zero-order valence-corrected chi connectivity index (χ0v) is 9.89. The standard InChI is InChI=1S/C10H18N4S/c1-2-3-8-13-9(10(11)14(8)12)7-4-5-15-6-7/h7H,2-6,11-12H2,1H3. The van der Waals surface area contributed by atoms with Crippen molar-refractivity contribution in [2.45, 2.75) is 32.1 Å². The van der Waals surface area contributed by atoms with Crippen molar-refractivity contribution >= 4 is 17.6 Å². The van der Waals surface area contributed by atoms with E-state index in [4.69, 9.17) is 11.6 Å². The van der Waals surface area contributed by atoms with Gasteiger partial charge in [0.2, 0.25) is 0 Å². The summed E-state index contributed by atoms with van der Waals surface area (Å²) in [4.78, 5) is 4.58. The summed E-state index contributed by atoms with van der Waals surface area (Å²) in [6.45, 7) is 2.12. The third-order valence-electron chi connectivity index (χ3n) is 2.84. The number of anilines is 1. The summed E-state index contributed by atoms with van der Waals surface area (Å²) < 4.78 is 1.56. The molecule has 0 spiro atoms. The summed E-state index contributed by atoms with van der Waals surface area (Å²) in [5.74, 6) is 10.3. The average molecular weight is 226 g/mol. The molecule has 1 aromatic rings. The van der Waals surface area contributed by atoms with Gasteiger partial charge in [-0.2, -0.15) is 11.8 Å². The highest BCUT2D eigenvalue weighted by Crippen LogP contribution is 2.34. The lowest BCUT2D eigenvalue weighted by atomic mass is 10.1. The maximum atomic E-state index is 5.98. The molecule has 1 unspecified atom stereocenters. The van der Waals surface area contributed by atoms with Crippen molar-refractivity contribution in [1.29, 1.82) is 0 Å². The molecule has 84 valence electrons. The van der Waals surface area contributed by atoms with Gasteiger partial charge < -0.3 is 11.6 Å². The summed E-state index contributed by atoms with van der Waals surface area (Å²) in [6, 6.07) is 0. The van der Waals surface area contributed by atoms with Crippen LogP contribution in [0.3, 0.4) is 0 Å². The Morgan fingerprint density at radius 2 is 2.40 bits per heavy atom. The minimum absolute atomic E-state index is 0.510. The van der Waals surface area contributed by atoms with Crippen LogP contribution in [0.5, 0.6) is 0 Å². The van der Waals surface area contributed by atoms with Crippen LogP contribution in [0, 0.1) is 0 Å². The molecule has 0 aromatic carbocycles. The van der Waals surface area contributed by atoms with Crippen LogP contribution in [0.2, 0.25) is 0 Å². The molecule has 0 amide bonds. The monoisotopic (exact) mass is 226 g/mol. The van der Waals surface area contributed by atoms with E-state index in [1.807, 2.05) is 11.8 Å². The van der Waals surface area contributed by atoms with Crippen LogP contribution in [0.15, 0.2) is 0 Å². The van der Waals surface area contributed by atoms with E-state index in [2.05, 4.69) is 11.9 Å². The van der Waals surface area contributed by atoms with Crippen molar-refractivity contribution < 1.29 is 0 Å². The van der Waals surface area contributed by atoms with Crippen LogP contribution in [-0.4, -0.2) is 21.2 Å². The first-order chi connectivity index (χ1) is 7.24. The third-order valence-corrected chi connectivity index (χ3v) is 4.00. The van der Waals surface area contributed by atoms with Crippen LogP contribution in [0.4, 0.5) is 5.82 Å². The Morgan fingerprint density at radius 1 is 1.60 bits per heavy atom. The summed E-state index contributed by atoms with van der Waals surface area (Å²) in [5.41, 5.74) is 7.00. The van der Waals surface area contributed by atoms with Crippen molar-refractivity contribution in [3.05, 3.63) is 11.5 Å². The van der Waals surface area contributed by atoms with Crippen molar-refractivity contribution in [3.8, 4) is 0 Å². The van der Waals surface area contributed by atoms with Crippen LogP contribution < -0.4 is 11.6 Å². The Morgan fingerprint density at radius 3 is 3.00 bits per heavy atom. The smallest absolute Gasteiger partial charge is 0.146 e. The van der Waals surface area contributed by atoms with Crippen LogP contribution >= 0.6 is 11.8 Å². The van der Waals surface area contributed by atoms with Gasteiger partial charge in [-0.1, -0.05) is 6.92 Å². The number of nitrogens with zero attached hydrogens (tertiary/aromatic N) is 2. The topological polar surface area (TPSA) is 69.9 Å². The molecule has 1 saturated heterocycles. The second-order valence-electron chi connectivity index (χ2n) is 3.98. The molecule has 0 bridgehead atoms. The number of imidazole rings is 1. The molecular weight excluding hydrogens is 208 g/mol. The van der Waals surface area contributed by atoms with E-state index >= 15 is 0 Å². The molecule has 1 atom stereocenters. The highest BCUT2D eigenvalue weighted by atomic mass is 32.2.